The van der Waals surface area contributed by atoms with Crippen molar-refractivity contribution in [3.63, 3.8) is 0 Å². The van der Waals surface area contributed by atoms with E-state index in [0.29, 0.717) is 17.9 Å². The van der Waals surface area contributed by atoms with Crippen molar-refractivity contribution in [2.75, 3.05) is 7.05 Å². The fourth-order valence-electron chi connectivity index (χ4n) is 2.41. The third-order valence-corrected chi connectivity index (χ3v) is 3.50. The van der Waals surface area contributed by atoms with Gasteiger partial charge < -0.3 is 5.32 Å². The highest BCUT2D eigenvalue weighted by Gasteiger charge is 2.18. The standard InChI is InChI=1S/C16H23FN4/c1-11(2)9-21-16(19-10-20-21)8-15(18-4)13-6-5-12(3)7-14(13)17/h5-7,10-11,15,18H,8-9H2,1-4H3. The minimum atomic E-state index is -0.177. The second kappa shape index (κ2) is 6.80. The highest BCUT2D eigenvalue weighted by atomic mass is 19.1. The van der Waals surface area contributed by atoms with Gasteiger partial charge in [0.25, 0.3) is 0 Å². The predicted octanol–water partition coefficient (Wildman–Crippen LogP) is 2.88. The molecule has 1 atom stereocenters. The van der Waals surface area contributed by atoms with E-state index in [4.69, 9.17) is 0 Å². The van der Waals surface area contributed by atoms with Gasteiger partial charge in [0.15, 0.2) is 0 Å². The average molecular weight is 290 g/mol. The molecule has 4 nitrogen and oxygen atoms in total. The van der Waals surface area contributed by atoms with Gasteiger partial charge in [-0.15, -0.1) is 0 Å². The lowest BCUT2D eigenvalue weighted by molar-refractivity contribution is 0.447. The molecule has 21 heavy (non-hydrogen) atoms. The summed E-state index contributed by atoms with van der Waals surface area (Å²) in [7, 11) is 1.84. The van der Waals surface area contributed by atoms with Crippen molar-refractivity contribution in [2.45, 2.75) is 39.8 Å². The number of benzene rings is 1. The molecule has 0 aliphatic rings. The Balaban J connectivity index is 2.21. The Morgan fingerprint density at radius 3 is 2.71 bits per heavy atom. The van der Waals surface area contributed by atoms with Crippen LogP contribution in [0.15, 0.2) is 24.5 Å². The first kappa shape index (κ1) is 15.6. The molecule has 2 rings (SSSR count). The van der Waals surface area contributed by atoms with Crippen molar-refractivity contribution in [1.82, 2.24) is 20.1 Å². The van der Waals surface area contributed by atoms with Crippen LogP contribution in [-0.2, 0) is 13.0 Å². The molecule has 1 unspecified atom stereocenters. The van der Waals surface area contributed by atoms with Crippen LogP contribution in [0.4, 0.5) is 4.39 Å². The number of hydrogen-bond donors (Lipinski definition) is 1. The van der Waals surface area contributed by atoms with E-state index in [1.165, 1.54) is 0 Å². The number of aromatic nitrogens is 3. The van der Waals surface area contributed by atoms with E-state index in [2.05, 4.69) is 29.2 Å². The Labute approximate surface area is 125 Å². The monoisotopic (exact) mass is 290 g/mol. The average Bonchev–Trinajstić information content (AvgIpc) is 2.83. The molecule has 1 aromatic carbocycles. The van der Waals surface area contributed by atoms with Gasteiger partial charge in [-0.2, -0.15) is 5.10 Å². The Bertz CT molecular complexity index is 592. The van der Waals surface area contributed by atoms with Crippen molar-refractivity contribution < 1.29 is 4.39 Å². The van der Waals surface area contributed by atoms with E-state index < -0.39 is 0 Å². The number of hydrogen-bond acceptors (Lipinski definition) is 3. The van der Waals surface area contributed by atoms with Crippen LogP contribution in [-0.4, -0.2) is 21.8 Å². The summed E-state index contributed by atoms with van der Waals surface area (Å²) in [6, 6.07) is 5.23. The number of nitrogens with one attached hydrogen (secondary N) is 1. The van der Waals surface area contributed by atoms with Crippen LogP contribution in [0.1, 0.15) is 36.8 Å². The van der Waals surface area contributed by atoms with Crippen LogP contribution in [0, 0.1) is 18.7 Å². The molecule has 0 radical (unpaired) electrons. The molecule has 0 spiro atoms. The van der Waals surface area contributed by atoms with Crippen LogP contribution in [0.25, 0.3) is 0 Å². The molecule has 0 saturated heterocycles. The molecule has 1 heterocycles. The quantitative estimate of drug-likeness (QED) is 0.889. The number of nitrogens with zero attached hydrogens (tertiary/aromatic N) is 3. The van der Waals surface area contributed by atoms with Crippen molar-refractivity contribution in [3.05, 3.63) is 47.3 Å². The molecular weight excluding hydrogens is 267 g/mol. The Kier molecular flexibility index (Phi) is 5.07. The first-order valence-electron chi connectivity index (χ1n) is 7.31. The smallest absolute Gasteiger partial charge is 0.138 e. The van der Waals surface area contributed by atoms with Crippen LogP contribution < -0.4 is 5.32 Å². The zero-order valence-electron chi connectivity index (χ0n) is 13.1. The van der Waals surface area contributed by atoms with E-state index in [0.717, 1.165) is 17.9 Å². The molecule has 0 amide bonds. The minimum Gasteiger partial charge on any atom is -0.313 e. The van der Waals surface area contributed by atoms with Gasteiger partial charge in [0.2, 0.25) is 0 Å². The molecule has 0 saturated carbocycles. The molecule has 2 aromatic rings. The molecule has 0 bridgehead atoms. The Morgan fingerprint density at radius 1 is 1.33 bits per heavy atom. The lowest BCUT2D eigenvalue weighted by atomic mass is 10.0. The van der Waals surface area contributed by atoms with Crippen LogP contribution in [0.2, 0.25) is 0 Å². The number of rotatable bonds is 6. The van der Waals surface area contributed by atoms with E-state index in [1.807, 2.05) is 30.8 Å². The first-order valence-corrected chi connectivity index (χ1v) is 7.31. The van der Waals surface area contributed by atoms with Gasteiger partial charge in [0, 0.05) is 24.6 Å². The van der Waals surface area contributed by atoms with Crippen LogP contribution in [0.3, 0.4) is 0 Å². The largest absolute Gasteiger partial charge is 0.313 e. The summed E-state index contributed by atoms with van der Waals surface area (Å²) in [6.07, 6.45) is 2.18. The van der Waals surface area contributed by atoms with Crippen LogP contribution in [0.5, 0.6) is 0 Å². The highest BCUT2D eigenvalue weighted by Crippen LogP contribution is 2.21. The molecule has 0 aliphatic heterocycles. The van der Waals surface area contributed by atoms with Crippen molar-refractivity contribution in [1.29, 1.82) is 0 Å². The topological polar surface area (TPSA) is 42.7 Å². The maximum Gasteiger partial charge on any atom is 0.138 e. The zero-order chi connectivity index (χ0) is 15.4. The summed E-state index contributed by atoms with van der Waals surface area (Å²) in [6.45, 7) is 6.99. The van der Waals surface area contributed by atoms with Crippen molar-refractivity contribution in [3.8, 4) is 0 Å². The van der Waals surface area contributed by atoms with Gasteiger partial charge >= 0.3 is 0 Å². The summed E-state index contributed by atoms with van der Waals surface area (Å²) < 4.78 is 16.0. The normalized spacial score (nSPS) is 12.9. The number of halogens is 1. The summed E-state index contributed by atoms with van der Waals surface area (Å²) in [4.78, 5) is 4.32. The second-order valence-electron chi connectivity index (χ2n) is 5.82. The fourth-order valence-corrected chi connectivity index (χ4v) is 2.41. The van der Waals surface area contributed by atoms with Crippen molar-refractivity contribution >= 4 is 0 Å². The molecule has 0 aliphatic carbocycles. The molecule has 0 fully saturated rings. The predicted molar refractivity (Wildman–Crippen MR) is 81.5 cm³/mol. The molecule has 1 aromatic heterocycles. The molecular formula is C16H23FN4. The second-order valence-corrected chi connectivity index (χ2v) is 5.82. The maximum atomic E-state index is 14.1. The first-order chi connectivity index (χ1) is 10.0. The maximum absolute atomic E-state index is 14.1. The minimum absolute atomic E-state index is 0.110. The van der Waals surface area contributed by atoms with E-state index in [1.54, 1.807) is 12.4 Å². The SMILES string of the molecule is CNC(Cc1ncnn1CC(C)C)c1ccc(C)cc1F. The van der Waals surface area contributed by atoms with Gasteiger partial charge in [-0.25, -0.2) is 14.1 Å². The molecule has 5 heteroatoms. The third kappa shape index (κ3) is 3.88. The van der Waals surface area contributed by atoms with Gasteiger partial charge in [-0.1, -0.05) is 26.0 Å². The van der Waals surface area contributed by atoms with E-state index >= 15 is 0 Å². The van der Waals surface area contributed by atoms with Crippen LogP contribution >= 0.6 is 0 Å². The van der Waals surface area contributed by atoms with Crippen molar-refractivity contribution in [2.24, 2.45) is 5.92 Å². The molecule has 1 N–H and O–H groups in total. The van der Waals surface area contributed by atoms with Gasteiger partial charge in [-0.05, 0) is 31.5 Å². The van der Waals surface area contributed by atoms with Gasteiger partial charge in [0.05, 0.1) is 0 Å². The Morgan fingerprint density at radius 2 is 2.10 bits per heavy atom. The lowest BCUT2D eigenvalue weighted by Crippen LogP contribution is -2.23. The Hall–Kier alpha value is -1.75. The third-order valence-electron chi connectivity index (χ3n) is 3.50. The lowest BCUT2D eigenvalue weighted by Gasteiger charge is -2.18. The summed E-state index contributed by atoms with van der Waals surface area (Å²) in [5.41, 5.74) is 1.59. The summed E-state index contributed by atoms with van der Waals surface area (Å²) in [5, 5.41) is 7.43. The van der Waals surface area contributed by atoms with E-state index in [-0.39, 0.29) is 11.9 Å². The number of likely N-dealkylation sites (N-methyl/N-ethyl adjacent to an activating group) is 1. The zero-order valence-corrected chi connectivity index (χ0v) is 13.1. The fraction of sp³-hybridized carbons (Fsp3) is 0.500. The summed E-state index contributed by atoms with van der Waals surface area (Å²) in [5.74, 6) is 1.20. The van der Waals surface area contributed by atoms with Gasteiger partial charge in [-0.3, -0.25) is 0 Å². The molecule has 114 valence electrons. The summed E-state index contributed by atoms with van der Waals surface area (Å²) >= 11 is 0. The number of aryl methyl sites for hydroxylation is 1. The highest BCUT2D eigenvalue weighted by molar-refractivity contribution is 5.26. The van der Waals surface area contributed by atoms with Gasteiger partial charge in [0.1, 0.15) is 18.0 Å². The van der Waals surface area contributed by atoms with E-state index in [9.17, 15) is 4.39 Å².